The molecule has 0 aromatic carbocycles. The monoisotopic (exact) mass is 241 g/mol. The van der Waals surface area contributed by atoms with Gasteiger partial charge in [0.05, 0.1) is 0 Å². The molecule has 0 radical (unpaired) electrons. The standard InChI is InChI=1S/C12H19NO2S/c1-10-6-7-11(16-10)4-2-5-12(15)13-8-3-9-14/h6-7,14H,2-5,8-9H2,1H3,(H,13,15). The van der Waals surface area contributed by atoms with E-state index in [1.165, 1.54) is 9.75 Å². The molecule has 0 atom stereocenters. The summed E-state index contributed by atoms with van der Waals surface area (Å²) in [4.78, 5) is 14.0. The molecule has 0 aliphatic carbocycles. The first-order valence-corrected chi connectivity index (χ1v) is 6.47. The highest BCUT2D eigenvalue weighted by Crippen LogP contribution is 2.17. The number of nitrogens with one attached hydrogen (secondary N) is 1. The summed E-state index contributed by atoms with van der Waals surface area (Å²) in [6.45, 7) is 2.80. The second kappa shape index (κ2) is 7.41. The minimum Gasteiger partial charge on any atom is -0.396 e. The minimum atomic E-state index is 0.0849. The fraction of sp³-hybridized carbons (Fsp3) is 0.583. The van der Waals surface area contributed by atoms with Crippen molar-refractivity contribution in [2.24, 2.45) is 0 Å². The van der Waals surface area contributed by atoms with Crippen molar-refractivity contribution >= 4 is 17.2 Å². The molecule has 0 aliphatic rings. The lowest BCUT2D eigenvalue weighted by Crippen LogP contribution is -2.24. The first-order valence-electron chi connectivity index (χ1n) is 5.65. The van der Waals surface area contributed by atoms with E-state index in [0.29, 0.717) is 19.4 Å². The van der Waals surface area contributed by atoms with Gasteiger partial charge in [0.15, 0.2) is 0 Å². The second-order valence-electron chi connectivity index (χ2n) is 3.79. The van der Waals surface area contributed by atoms with Crippen molar-refractivity contribution in [2.75, 3.05) is 13.2 Å². The number of carbonyl (C=O) groups is 1. The van der Waals surface area contributed by atoms with Gasteiger partial charge in [-0.1, -0.05) is 0 Å². The first kappa shape index (κ1) is 13.2. The zero-order valence-corrected chi connectivity index (χ0v) is 10.5. The average molecular weight is 241 g/mol. The van der Waals surface area contributed by atoms with Crippen LogP contribution >= 0.6 is 11.3 Å². The Bertz CT molecular complexity index is 323. The third-order valence-corrected chi connectivity index (χ3v) is 3.34. The maximum absolute atomic E-state index is 11.3. The Balaban J connectivity index is 2.08. The highest BCUT2D eigenvalue weighted by atomic mass is 32.1. The summed E-state index contributed by atoms with van der Waals surface area (Å²) in [5.74, 6) is 0.0849. The van der Waals surface area contributed by atoms with Crippen LogP contribution in [0.1, 0.15) is 29.0 Å². The van der Waals surface area contributed by atoms with E-state index in [0.717, 1.165) is 12.8 Å². The summed E-state index contributed by atoms with van der Waals surface area (Å²) in [5, 5.41) is 11.3. The van der Waals surface area contributed by atoms with Crippen LogP contribution in [0.2, 0.25) is 0 Å². The van der Waals surface area contributed by atoms with Crippen LogP contribution in [0, 0.1) is 6.92 Å². The van der Waals surface area contributed by atoms with E-state index >= 15 is 0 Å². The van der Waals surface area contributed by atoms with Crippen molar-refractivity contribution in [1.29, 1.82) is 0 Å². The molecule has 2 N–H and O–H groups in total. The quantitative estimate of drug-likeness (QED) is 0.716. The number of hydrogen-bond acceptors (Lipinski definition) is 3. The van der Waals surface area contributed by atoms with Crippen molar-refractivity contribution in [2.45, 2.75) is 32.6 Å². The number of aliphatic hydroxyl groups is 1. The molecule has 1 aromatic rings. The van der Waals surface area contributed by atoms with E-state index in [-0.39, 0.29) is 12.5 Å². The van der Waals surface area contributed by atoms with Gasteiger partial charge in [0.2, 0.25) is 5.91 Å². The van der Waals surface area contributed by atoms with Crippen LogP contribution in [0.5, 0.6) is 0 Å². The Morgan fingerprint density at radius 2 is 2.25 bits per heavy atom. The lowest BCUT2D eigenvalue weighted by molar-refractivity contribution is -0.121. The van der Waals surface area contributed by atoms with E-state index in [4.69, 9.17) is 5.11 Å². The van der Waals surface area contributed by atoms with Crippen LogP contribution in [0.25, 0.3) is 0 Å². The first-order chi connectivity index (χ1) is 7.72. The van der Waals surface area contributed by atoms with Gasteiger partial charge in [0.1, 0.15) is 0 Å². The molecular weight excluding hydrogens is 222 g/mol. The molecule has 90 valence electrons. The molecule has 4 heteroatoms. The summed E-state index contributed by atoms with van der Waals surface area (Å²) in [7, 11) is 0. The van der Waals surface area contributed by atoms with E-state index in [2.05, 4.69) is 24.4 Å². The molecule has 0 spiro atoms. The molecule has 0 aliphatic heterocycles. The van der Waals surface area contributed by atoms with Crippen molar-refractivity contribution in [1.82, 2.24) is 5.32 Å². The number of rotatable bonds is 7. The van der Waals surface area contributed by atoms with Gasteiger partial charge in [-0.15, -0.1) is 11.3 Å². The van der Waals surface area contributed by atoms with Gasteiger partial charge >= 0.3 is 0 Å². The maximum Gasteiger partial charge on any atom is 0.220 e. The molecule has 3 nitrogen and oxygen atoms in total. The Morgan fingerprint density at radius 1 is 1.44 bits per heavy atom. The van der Waals surface area contributed by atoms with Crippen LogP contribution in [0.4, 0.5) is 0 Å². The van der Waals surface area contributed by atoms with E-state index in [9.17, 15) is 4.79 Å². The fourth-order valence-electron chi connectivity index (χ4n) is 1.44. The van der Waals surface area contributed by atoms with Crippen LogP contribution in [0.15, 0.2) is 12.1 Å². The average Bonchev–Trinajstić information content (AvgIpc) is 2.65. The summed E-state index contributed by atoms with van der Waals surface area (Å²) >= 11 is 1.80. The van der Waals surface area contributed by atoms with Gasteiger partial charge in [-0.3, -0.25) is 4.79 Å². The third kappa shape index (κ3) is 5.28. The van der Waals surface area contributed by atoms with E-state index in [1.54, 1.807) is 11.3 Å². The van der Waals surface area contributed by atoms with Crippen molar-refractivity contribution in [3.63, 3.8) is 0 Å². The molecule has 16 heavy (non-hydrogen) atoms. The van der Waals surface area contributed by atoms with Crippen molar-refractivity contribution in [3.8, 4) is 0 Å². The molecule has 1 amide bonds. The Hall–Kier alpha value is -0.870. The smallest absolute Gasteiger partial charge is 0.220 e. The Kier molecular flexibility index (Phi) is 6.11. The zero-order chi connectivity index (χ0) is 11.8. The van der Waals surface area contributed by atoms with Gasteiger partial charge < -0.3 is 10.4 Å². The molecule has 1 aromatic heterocycles. The summed E-state index contributed by atoms with van der Waals surface area (Å²) in [6.07, 6.45) is 3.08. The summed E-state index contributed by atoms with van der Waals surface area (Å²) < 4.78 is 0. The number of thiophene rings is 1. The number of aliphatic hydroxyl groups excluding tert-OH is 1. The van der Waals surface area contributed by atoms with Crippen molar-refractivity contribution < 1.29 is 9.90 Å². The molecule has 1 rings (SSSR count). The molecule has 0 bridgehead atoms. The molecule has 0 unspecified atom stereocenters. The predicted molar refractivity (Wildman–Crippen MR) is 66.7 cm³/mol. The largest absolute Gasteiger partial charge is 0.396 e. The molecule has 0 fully saturated rings. The van der Waals surface area contributed by atoms with Crippen molar-refractivity contribution in [3.05, 3.63) is 21.9 Å². The van der Waals surface area contributed by atoms with Crippen LogP contribution in [-0.2, 0) is 11.2 Å². The molecule has 0 saturated carbocycles. The highest BCUT2D eigenvalue weighted by molar-refractivity contribution is 7.11. The topological polar surface area (TPSA) is 49.3 Å². The van der Waals surface area contributed by atoms with E-state index in [1.807, 2.05) is 0 Å². The molecule has 1 heterocycles. The SMILES string of the molecule is Cc1ccc(CCCC(=O)NCCCO)s1. The van der Waals surface area contributed by atoms with Gasteiger partial charge in [-0.25, -0.2) is 0 Å². The highest BCUT2D eigenvalue weighted by Gasteiger charge is 2.02. The Labute approximate surface area is 100 Å². The number of aryl methyl sites for hydroxylation is 2. The maximum atomic E-state index is 11.3. The summed E-state index contributed by atoms with van der Waals surface area (Å²) in [6, 6.07) is 4.24. The van der Waals surface area contributed by atoms with Gasteiger partial charge in [0, 0.05) is 29.3 Å². The lowest BCUT2D eigenvalue weighted by atomic mass is 10.2. The second-order valence-corrected chi connectivity index (χ2v) is 5.17. The molecular formula is C12H19NO2S. The number of carbonyl (C=O) groups excluding carboxylic acids is 1. The van der Waals surface area contributed by atoms with Crippen LogP contribution < -0.4 is 5.32 Å². The van der Waals surface area contributed by atoms with E-state index < -0.39 is 0 Å². The van der Waals surface area contributed by atoms with Crippen LogP contribution in [0.3, 0.4) is 0 Å². The Morgan fingerprint density at radius 3 is 2.88 bits per heavy atom. The zero-order valence-electron chi connectivity index (χ0n) is 9.66. The minimum absolute atomic E-state index is 0.0849. The van der Waals surface area contributed by atoms with Crippen LogP contribution in [-0.4, -0.2) is 24.2 Å². The lowest BCUT2D eigenvalue weighted by Gasteiger charge is -2.03. The van der Waals surface area contributed by atoms with Gasteiger partial charge in [-0.05, 0) is 38.3 Å². The predicted octanol–water partition coefficient (Wildman–Crippen LogP) is 1.88. The fourth-order valence-corrected chi connectivity index (χ4v) is 2.37. The number of hydrogen-bond donors (Lipinski definition) is 2. The normalized spacial score (nSPS) is 10.4. The number of amides is 1. The summed E-state index contributed by atoms with van der Waals surface area (Å²) in [5.41, 5.74) is 0. The third-order valence-electron chi connectivity index (χ3n) is 2.28. The molecule has 0 saturated heterocycles. The van der Waals surface area contributed by atoms with Gasteiger partial charge in [0.25, 0.3) is 0 Å². The van der Waals surface area contributed by atoms with Gasteiger partial charge in [-0.2, -0.15) is 0 Å².